The van der Waals surface area contributed by atoms with E-state index in [4.69, 9.17) is 19.4 Å². The first-order valence-corrected chi connectivity index (χ1v) is 19.2. The number of pyridine rings is 1. The van der Waals surface area contributed by atoms with Crippen molar-refractivity contribution in [1.82, 2.24) is 15.0 Å². The number of hydrogen-bond acceptors (Lipinski definition) is 4. The number of aromatic nitrogens is 3. The molecular weight excluding hydrogens is 695 g/mol. The normalized spacial score (nSPS) is 11.5. The van der Waals surface area contributed by atoms with E-state index in [0.29, 0.717) is 5.82 Å². The van der Waals surface area contributed by atoms with Crippen LogP contribution < -0.4 is 0 Å². The van der Waals surface area contributed by atoms with Gasteiger partial charge >= 0.3 is 0 Å². The highest BCUT2D eigenvalue weighted by atomic mass is 16.3. The van der Waals surface area contributed by atoms with Crippen molar-refractivity contribution < 1.29 is 4.42 Å². The molecule has 0 spiro atoms. The average Bonchev–Trinajstić information content (AvgIpc) is 3.68. The SMILES string of the molecule is c1ccc(-c2cccc(-c3nc(-c4ccccc4)c(-c4cccc(-c5nc6ccccc6c6c5ccc5c7ccccc7oc56)c4)c(-c4ccccc4)n3)c2)cc1. The molecule has 0 aliphatic carbocycles. The van der Waals surface area contributed by atoms with Crippen LogP contribution in [0.4, 0.5) is 0 Å². The molecule has 8 aromatic carbocycles. The molecule has 4 heteroatoms. The molecule has 11 aromatic rings. The molecule has 3 aromatic heterocycles. The Balaban J connectivity index is 1.16. The molecule has 11 rings (SSSR count). The third-order valence-electron chi connectivity index (χ3n) is 10.9. The number of benzene rings is 8. The Morgan fingerprint density at radius 1 is 0.316 bits per heavy atom. The van der Waals surface area contributed by atoms with Gasteiger partial charge in [0.25, 0.3) is 0 Å². The van der Waals surface area contributed by atoms with Gasteiger partial charge in [0.05, 0.1) is 22.6 Å². The molecule has 4 nitrogen and oxygen atoms in total. The van der Waals surface area contributed by atoms with E-state index >= 15 is 0 Å². The fraction of sp³-hybridized carbons (Fsp3) is 0. The van der Waals surface area contributed by atoms with Gasteiger partial charge in [-0.05, 0) is 47.0 Å². The Bertz CT molecular complexity index is 3220. The standard InChI is InChI=1S/C53H33N3O/c1-4-16-34(17-5-1)37-22-14-25-40(32-37)53-55-50(35-18-6-2-7-19-35)47(51(56-53)36-20-8-3-9-21-36)38-23-15-24-39(33-38)49-44-31-30-42-41-26-11-13-29-46(41)57-52(42)48(44)43-27-10-12-28-45(43)54-49/h1-33H. The van der Waals surface area contributed by atoms with E-state index in [1.54, 1.807) is 0 Å². The monoisotopic (exact) mass is 727 g/mol. The molecule has 0 radical (unpaired) electrons. The maximum atomic E-state index is 6.62. The summed E-state index contributed by atoms with van der Waals surface area (Å²) in [5.74, 6) is 0.669. The molecule has 0 atom stereocenters. The average molecular weight is 728 g/mol. The van der Waals surface area contributed by atoms with Gasteiger partial charge in [0, 0.05) is 54.7 Å². The van der Waals surface area contributed by atoms with Crippen LogP contribution in [0.3, 0.4) is 0 Å². The van der Waals surface area contributed by atoms with Crippen molar-refractivity contribution in [3.05, 3.63) is 200 Å². The topological polar surface area (TPSA) is 51.8 Å². The Morgan fingerprint density at radius 3 is 1.56 bits per heavy atom. The van der Waals surface area contributed by atoms with E-state index in [2.05, 4.69) is 164 Å². The summed E-state index contributed by atoms with van der Waals surface area (Å²) in [5.41, 5.74) is 13.5. The minimum atomic E-state index is 0.669. The van der Waals surface area contributed by atoms with E-state index in [1.807, 2.05) is 36.4 Å². The van der Waals surface area contributed by atoms with Crippen molar-refractivity contribution in [2.45, 2.75) is 0 Å². The molecule has 0 amide bonds. The van der Waals surface area contributed by atoms with Gasteiger partial charge in [0.1, 0.15) is 11.2 Å². The van der Waals surface area contributed by atoms with E-state index in [-0.39, 0.29) is 0 Å². The van der Waals surface area contributed by atoms with Crippen LogP contribution in [0.1, 0.15) is 0 Å². The van der Waals surface area contributed by atoms with Crippen molar-refractivity contribution >= 4 is 43.6 Å². The number of hydrogen-bond donors (Lipinski definition) is 0. The van der Waals surface area contributed by atoms with Gasteiger partial charge in [-0.1, -0.05) is 170 Å². The first kappa shape index (κ1) is 32.7. The summed E-state index contributed by atoms with van der Waals surface area (Å²) in [7, 11) is 0. The number of furan rings is 1. The van der Waals surface area contributed by atoms with Crippen LogP contribution in [0.15, 0.2) is 205 Å². The smallest absolute Gasteiger partial charge is 0.160 e. The van der Waals surface area contributed by atoms with Crippen molar-refractivity contribution in [2.24, 2.45) is 0 Å². The van der Waals surface area contributed by atoms with Crippen LogP contribution >= 0.6 is 0 Å². The minimum Gasteiger partial charge on any atom is -0.455 e. The molecule has 0 N–H and O–H groups in total. The summed E-state index contributed by atoms with van der Waals surface area (Å²) in [6.07, 6.45) is 0. The van der Waals surface area contributed by atoms with Crippen molar-refractivity contribution in [3.8, 4) is 67.4 Å². The van der Waals surface area contributed by atoms with Crippen molar-refractivity contribution in [2.75, 3.05) is 0 Å². The fourth-order valence-electron chi connectivity index (χ4n) is 8.20. The van der Waals surface area contributed by atoms with Crippen LogP contribution in [-0.2, 0) is 0 Å². The minimum absolute atomic E-state index is 0.669. The summed E-state index contributed by atoms with van der Waals surface area (Å²) >= 11 is 0. The Labute approximate surface area is 329 Å². The highest BCUT2D eigenvalue weighted by Crippen LogP contribution is 2.44. The van der Waals surface area contributed by atoms with E-state index in [0.717, 1.165) is 105 Å². The van der Waals surface area contributed by atoms with E-state index < -0.39 is 0 Å². The quantitative estimate of drug-likeness (QED) is 0.160. The number of fused-ring (bicyclic) bond motifs is 7. The first-order valence-electron chi connectivity index (χ1n) is 19.2. The summed E-state index contributed by atoms with van der Waals surface area (Å²) in [6, 6.07) is 69.5. The number of rotatable bonds is 6. The third-order valence-corrected chi connectivity index (χ3v) is 10.9. The van der Waals surface area contributed by atoms with Crippen LogP contribution in [0, 0.1) is 0 Å². The van der Waals surface area contributed by atoms with Crippen LogP contribution in [-0.4, -0.2) is 15.0 Å². The molecule has 0 aliphatic rings. The zero-order valence-corrected chi connectivity index (χ0v) is 30.8. The van der Waals surface area contributed by atoms with Gasteiger partial charge in [-0.3, -0.25) is 0 Å². The lowest BCUT2D eigenvalue weighted by molar-refractivity contribution is 0.673. The van der Waals surface area contributed by atoms with Gasteiger partial charge in [-0.15, -0.1) is 0 Å². The van der Waals surface area contributed by atoms with Crippen molar-refractivity contribution in [3.63, 3.8) is 0 Å². The molecule has 57 heavy (non-hydrogen) atoms. The molecule has 0 saturated heterocycles. The lowest BCUT2D eigenvalue weighted by Gasteiger charge is -2.18. The van der Waals surface area contributed by atoms with Crippen LogP contribution in [0.5, 0.6) is 0 Å². The second kappa shape index (κ2) is 13.6. The maximum Gasteiger partial charge on any atom is 0.160 e. The summed E-state index contributed by atoms with van der Waals surface area (Å²) < 4.78 is 6.62. The Hall–Kier alpha value is -7.69. The Morgan fingerprint density at radius 2 is 0.842 bits per heavy atom. The maximum absolute atomic E-state index is 6.62. The van der Waals surface area contributed by atoms with Crippen LogP contribution in [0.2, 0.25) is 0 Å². The first-order chi connectivity index (χ1) is 28.3. The molecule has 0 saturated carbocycles. The number of para-hydroxylation sites is 2. The molecule has 266 valence electrons. The summed E-state index contributed by atoms with van der Waals surface area (Å²) in [4.78, 5) is 16.2. The molecular formula is C53H33N3O. The lowest BCUT2D eigenvalue weighted by atomic mass is 9.91. The fourth-order valence-corrected chi connectivity index (χ4v) is 8.20. The highest BCUT2D eigenvalue weighted by Gasteiger charge is 2.22. The van der Waals surface area contributed by atoms with Gasteiger partial charge in [-0.25, -0.2) is 15.0 Å². The van der Waals surface area contributed by atoms with Gasteiger partial charge < -0.3 is 4.42 Å². The second-order valence-electron chi connectivity index (χ2n) is 14.3. The van der Waals surface area contributed by atoms with Crippen molar-refractivity contribution in [1.29, 1.82) is 0 Å². The van der Waals surface area contributed by atoms with E-state index in [9.17, 15) is 0 Å². The predicted octanol–water partition coefficient (Wildman–Crippen LogP) is 14.1. The summed E-state index contributed by atoms with van der Waals surface area (Å²) in [5, 5.41) is 5.37. The Kier molecular flexibility index (Phi) is 7.78. The van der Waals surface area contributed by atoms with Gasteiger partial charge in [0.15, 0.2) is 5.82 Å². The molecule has 0 aliphatic heterocycles. The number of nitrogens with zero attached hydrogens (tertiary/aromatic N) is 3. The zero-order valence-electron chi connectivity index (χ0n) is 30.8. The molecule has 0 unspecified atom stereocenters. The molecule has 0 fully saturated rings. The van der Waals surface area contributed by atoms with Gasteiger partial charge in [-0.2, -0.15) is 0 Å². The predicted molar refractivity (Wildman–Crippen MR) is 235 cm³/mol. The molecule has 3 heterocycles. The van der Waals surface area contributed by atoms with Gasteiger partial charge in [0.2, 0.25) is 0 Å². The summed E-state index contributed by atoms with van der Waals surface area (Å²) in [6.45, 7) is 0. The largest absolute Gasteiger partial charge is 0.455 e. The van der Waals surface area contributed by atoms with E-state index in [1.165, 1.54) is 0 Å². The third kappa shape index (κ3) is 5.66. The van der Waals surface area contributed by atoms with Crippen LogP contribution in [0.25, 0.3) is 111 Å². The zero-order chi connectivity index (χ0) is 37.7. The molecule has 0 bridgehead atoms. The second-order valence-corrected chi connectivity index (χ2v) is 14.3. The lowest BCUT2D eigenvalue weighted by Crippen LogP contribution is -2.01. The highest BCUT2D eigenvalue weighted by molar-refractivity contribution is 6.24.